The van der Waals surface area contributed by atoms with Gasteiger partial charge in [-0.15, -0.1) is 34.2 Å². The van der Waals surface area contributed by atoms with Crippen molar-refractivity contribution in [3.05, 3.63) is 54.5 Å². The standard InChI is InChI=1S/C17H22N8.HI/c1-18-17(20-10-16-23-21-12-25(16)3)24(2)11-15-19-9-14(22-15)13-7-5-4-6-8-13;/h4-9,12H,10-11H2,1-3H3,(H,18,20)(H,19,22);1H. The average molecular weight is 466 g/mol. The third kappa shape index (κ3) is 4.81. The number of aromatic amines is 1. The van der Waals surface area contributed by atoms with E-state index in [-0.39, 0.29) is 24.0 Å². The topological polar surface area (TPSA) is 87.0 Å². The van der Waals surface area contributed by atoms with E-state index in [9.17, 15) is 0 Å². The molecule has 0 unspecified atom stereocenters. The predicted octanol–water partition coefficient (Wildman–Crippen LogP) is 2.03. The van der Waals surface area contributed by atoms with Gasteiger partial charge < -0.3 is 19.8 Å². The number of aromatic nitrogens is 5. The van der Waals surface area contributed by atoms with Gasteiger partial charge in [-0.1, -0.05) is 30.3 Å². The van der Waals surface area contributed by atoms with Crippen molar-refractivity contribution in [3.8, 4) is 11.3 Å². The van der Waals surface area contributed by atoms with Crippen LogP contribution in [0, 0.1) is 0 Å². The van der Waals surface area contributed by atoms with Crippen LogP contribution in [0.1, 0.15) is 11.6 Å². The number of halogens is 1. The van der Waals surface area contributed by atoms with Crippen LogP contribution in [0.2, 0.25) is 0 Å². The van der Waals surface area contributed by atoms with Crippen molar-refractivity contribution in [1.82, 2.24) is 34.9 Å². The van der Waals surface area contributed by atoms with Crippen LogP contribution in [-0.4, -0.2) is 49.7 Å². The number of imidazole rings is 1. The third-order valence-corrected chi connectivity index (χ3v) is 3.88. The van der Waals surface area contributed by atoms with Crippen LogP contribution in [0.15, 0.2) is 47.8 Å². The zero-order valence-electron chi connectivity index (χ0n) is 15.0. The molecule has 3 aromatic rings. The molecule has 3 rings (SSSR count). The fourth-order valence-corrected chi connectivity index (χ4v) is 2.52. The Morgan fingerprint density at radius 3 is 2.73 bits per heavy atom. The molecule has 0 aliphatic rings. The molecule has 0 saturated carbocycles. The Labute approximate surface area is 169 Å². The Bertz CT molecular complexity index is 839. The highest BCUT2D eigenvalue weighted by molar-refractivity contribution is 14.0. The molecule has 9 heteroatoms. The third-order valence-electron chi connectivity index (χ3n) is 3.88. The van der Waals surface area contributed by atoms with Crippen molar-refractivity contribution in [2.75, 3.05) is 14.1 Å². The maximum atomic E-state index is 4.47. The molecule has 1 aromatic carbocycles. The van der Waals surface area contributed by atoms with Crippen LogP contribution >= 0.6 is 24.0 Å². The summed E-state index contributed by atoms with van der Waals surface area (Å²) in [6.45, 7) is 1.17. The summed E-state index contributed by atoms with van der Waals surface area (Å²) in [6, 6.07) is 10.1. The Hall–Kier alpha value is -2.43. The van der Waals surface area contributed by atoms with Gasteiger partial charge in [0, 0.05) is 21.1 Å². The number of nitrogens with zero attached hydrogens (tertiary/aromatic N) is 6. The number of H-pyrrole nitrogens is 1. The lowest BCUT2D eigenvalue weighted by molar-refractivity contribution is 0.462. The molecule has 0 aliphatic carbocycles. The predicted molar refractivity (Wildman–Crippen MR) is 112 cm³/mol. The Kier molecular flexibility index (Phi) is 7.13. The second-order valence-corrected chi connectivity index (χ2v) is 5.72. The first-order chi connectivity index (χ1) is 12.2. The van der Waals surface area contributed by atoms with E-state index < -0.39 is 0 Å². The molecule has 2 N–H and O–H groups in total. The zero-order chi connectivity index (χ0) is 17.6. The lowest BCUT2D eigenvalue weighted by atomic mass is 10.2. The van der Waals surface area contributed by atoms with Gasteiger partial charge >= 0.3 is 0 Å². The first kappa shape index (κ1) is 19.9. The molecular formula is C17H23IN8. The van der Waals surface area contributed by atoms with Crippen LogP contribution in [-0.2, 0) is 20.1 Å². The minimum absolute atomic E-state index is 0. The van der Waals surface area contributed by atoms with Crippen molar-refractivity contribution in [3.63, 3.8) is 0 Å². The van der Waals surface area contributed by atoms with E-state index in [0.717, 1.165) is 28.9 Å². The number of aliphatic imine (C=N–C) groups is 1. The minimum Gasteiger partial charge on any atom is -0.349 e. The molecule has 0 bridgehead atoms. The SMILES string of the molecule is CN=C(NCc1nncn1C)N(C)Cc1ncc(-c2ccccc2)[nH]1.I. The van der Waals surface area contributed by atoms with E-state index in [1.54, 1.807) is 13.4 Å². The number of guanidine groups is 1. The second kappa shape index (κ2) is 9.32. The van der Waals surface area contributed by atoms with E-state index in [2.05, 4.69) is 42.6 Å². The summed E-state index contributed by atoms with van der Waals surface area (Å²) >= 11 is 0. The van der Waals surface area contributed by atoms with Crippen molar-refractivity contribution in [1.29, 1.82) is 0 Å². The maximum absolute atomic E-state index is 4.47. The van der Waals surface area contributed by atoms with Crippen LogP contribution in [0.25, 0.3) is 11.3 Å². The molecule has 2 heterocycles. The van der Waals surface area contributed by atoms with Crippen LogP contribution in [0.5, 0.6) is 0 Å². The van der Waals surface area contributed by atoms with E-state index in [1.165, 1.54) is 0 Å². The summed E-state index contributed by atoms with van der Waals surface area (Å²) in [5, 5.41) is 11.2. The van der Waals surface area contributed by atoms with Gasteiger partial charge in [0.05, 0.1) is 25.0 Å². The molecule has 0 fully saturated rings. The summed E-state index contributed by atoms with van der Waals surface area (Å²) in [7, 11) is 5.64. The van der Waals surface area contributed by atoms with E-state index in [0.29, 0.717) is 13.1 Å². The van der Waals surface area contributed by atoms with Crippen LogP contribution < -0.4 is 5.32 Å². The van der Waals surface area contributed by atoms with Crippen molar-refractivity contribution in [2.24, 2.45) is 12.0 Å². The number of hydrogen-bond donors (Lipinski definition) is 2. The van der Waals surface area contributed by atoms with Gasteiger partial charge in [-0.2, -0.15) is 0 Å². The smallest absolute Gasteiger partial charge is 0.194 e. The van der Waals surface area contributed by atoms with Gasteiger partial charge in [-0.3, -0.25) is 4.99 Å². The molecule has 26 heavy (non-hydrogen) atoms. The molecule has 0 amide bonds. The fraction of sp³-hybridized carbons (Fsp3) is 0.294. The van der Waals surface area contributed by atoms with Crippen molar-refractivity contribution < 1.29 is 0 Å². The normalized spacial score (nSPS) is 11.1. The number of rotatable bonds is 5. The fourth-order valence-electron chi connectivity index (χ4n) is 2.52. The molecule has 0 spiro atoms. The summed E-state index contributed by atoms with van der Waals surface area (Å²) in [6.07, 6.45) is 3.53. The van der Waals surface area contributed by atoms with Crippen molar-refractivity contribution >= 4 is 29.9 Å². The second-order valence-electron chi connectivity index (χ2n) is 5.72. The zero-order valence-corrected chi connectivity index (χ0v) is 17.4. The van der Waals surface area contributed by atoms with Crippen LogP contribution in [0.4, 0.5) is 0 Å². The molecule has 0 aliphatic heterocycles. The van der Waals surface area contributed by atoms with Gasteiger partial charge in [0.15, 0.2) is 11.8 Å². The van der Waals surface area contributed by atoms with E-state index >= 15 is 0 Å². The number of hydrogen-bond acceptors (Lipinski definition) is 4. The largest absolute Gasteiger partial charge is 0.349 e. The molecule has 8 nitrogen and oxygen atoms in total. The number of benzene rings is 1. The molecule has 0 radical (unpaired) electrons. The number of nitrogens with one attached hydrogen (secondary N) is 2. The summed E-state index contributed by atoms with van der Waals surface area (Å²) in [4.78, 5) is 14.1. The Morgan fingerprint density at radius 1 is 1.31 bits per heavy atom. The average Bonchev–Trinajstić information content (AvgIpc) is 3.25. The molecule has 2 aromatic heterocycles. The summed E-state index contributed by atoms with van der Waals surface area (Å²) < 4.78 is 1.87. The quantitative estimate of drug-likeness (QED) is 0.342. The Morgan fingerprint density at radius 2 is 2.08 bits per heavy atom. The highest BCUT2D eigenvalue weighted by atomic mass is 127. The monoisotopic (exact) mass is 466 g/mol. The van der Waals surface area contributed by atoms with Gasteiger partial charge in [0.25, 0.3) is 0 Å². The maximum Gasteiger partial charge on any atom is 0.194 e. The highest BCUT2D eigenvalue weighted by Crippen LogP contribution is 2.16. The first-order valence-corrected chi connectivity index (χ1v) is 8.01. The lowest BCUT2D eigenvalue weighted by Gasteiger charge is -2.20. The minimum atomic E-state index is 0. The van der Waals surface area contributed by atoms with Gasteiger partial charge in [-0.05, 0) is 5.56 Å². The van der Waals surface area contributed by atoms with Crippen molar-refractivity contribution in [2.45, 2.75) is 13.1 Å². The molecule has 138 valence electrons. The first-order valence-electron chi connectivity index (χ1n) is 8.01. The lowest BCUT2D eigenvalue weighted by Crippen LogP contribution is -2.38. The van der Waals surface area contributed by atoms with Gasteiger partial charge in [-0.25, -0.2) is 4.98 Å². The molecular weight excluding hydrogens is 443 g/mol. The summed E-state index contributed by atoms with van der Waals surface area (Å²) in [5.74, 6) is 2.49. The highest BCUT2D eigenvalue weighted by Gasteiger charge is 2.11. The van der Waals surface area contributed by atoms with Gasteiger partial charge in [0.1, 0.15) is 12.2 Å². The summed E-state index contributed by atoms with van der Waals surface area (Å²) in [5.41, 5.74) is 2.12. The molecule has 0 saturated heterocycles. The van der Waals surface area contributed by atoms with E-state index in [4.69, 9.17) is 0 Å². The van der Waals surface area contributed by atoms with E-state index in [1.807, 2.05) is 48.0 Å². The van der Waals surface area contributed by atoms with Gasteiger partial charge in [0.2, 0.25) is 0 Å². The van der Waals surface area contributed by atoms with Crippen LogP contribution in [0.3, 0.4) is 0 Å². The number of aryl methyl sites for hydroxylation is 1. The molecule has 0 atom stereocenters. The Balaban J connectivity index is 0.00000243.